The molecule has 5 nitrogen and oxygen atoms in total. The van der Waals surface area contributed by atoms with Crippen molar-refractivity contribution in [1.82, 2.24) is 19.0 Å². The van der Waals surface area contributed by atoms with E-state index in [0.29, 0.717) is 24.6 Å². The normalized spacial score (nSPS) is 19.1. The van der Waals surface area contributed by atoms with Gasteiger partial charge in [-0.1, -0.05) is 0 Å². The minimum absolute atomic E-state index is 0.0194. The van der Waals surface area contributed by atoms with Crippen LogP contribution < -0.4 is 0 Å². The van der Waals surface area contributed by atoms with E-state index in [1.807, 2.05) is 19.3 Å². The van der Waals surface area contributed by atoms with Gasteiger partial charge >= 0.3 is 6.18 Å². The van der Waals surface area contributed by atoms with Crippen molar-refractivity contribution in [3.8, 4) is 6.07 Å². The molecule has 0 spiro atoms. The molecule has 0 N–H and O–H groups in total. The topological polar surface area (TPSA) is 49.8 Å². The van der Waals surface area contributed by atoms with Gasteiger partial charge in [0.2, 0.25) is 0 Å². The highest BCUT2D eigenvalue weighted by Gasteiger charge is 2.36. The Bertz CT molecular complexity index is 796. The molecule has 0 aromatic carbocycles. The van der Waals surface area contributed by atoms with Crippen molar-refractivity contribution >= 4 is 0 Å². The van der Waals surface area contributed by atoms with E-state index in [-0.39, 0.29) is 5.92 Å². The summed E-state index contributed by atoms with van der Waals surface area (Å²) in [5, 5.41) is 9.04. The summed E-state index contributed by atoms with van der Waals surface area (Å²) in [5.41, 5.74) is 0.807. The summed E-state index contributed by atoms with van der Waals surface area (Å²) in [6.45, 7) is 2.24. The molecule has 1 saturated heterocycles. The van der Waals surface area contributed by atoms with E-state index in [0.717, 1.165) is 31.1 Å². The second kappa shape index (κ2) is 6.56. The van der Waals surface area contributed by atoms with Crippen molar-refractivity contribution in [3.05, 3.63) is 41.2 Å². The Hall–Kier alpha value is -2.27. The highest BCUT2D eigenvalue weighted by atomic mass is 19.4. The summed E-state index contributed by atoms with van der Waals surface area (Å²) < 4.78 is 41.9. The first-order valence-electron chi connectivity index (χ1n) is 8.16. The first kappa shape index (κ1) is 17.5. The van der Waals surface area contributed by atoms with Crippen LogP contribution in [0.3, 0.4) is 0 Å². The molecule has 0 bridgehead atoms. The maximum Gasteiger partial charge on any atom is 0.434 e. The molecule has 0 aliphatic carbocycles. The van der Waals surface area contributed by atoms with Crippen molar-refractivity contribution in [2.45, 2.75) is 31.5 Å². The average Bonchev–Trinajstić information content (AvgIpc) is 3.10. The van der Waals surface area contributed by atoms with Crippen molar-refractivity contribution in [3.63, 3.8) is 0 Å². The minimum atomic E-state index is -4.41. The number of imidazole rings is 1. The van der Waals surface area contributed by atoms with Crippen LogP contribution in [-0.2, 0) is 26.8 Å². The lowest BCUT2D eigenvalue weighted by atomic mass is 9.97. The monoisotopic (exact) mass is 351 g/mol. The Labute approximate surface area is 144 Å². The van der Waals surface area contributed by atoms with Gasteiger partial charge in [0.25, 0.3) is 0 Å². The zero-order chi connectivity index (χ0) is 18.2. The van der Waals surface area contributed by atoms with Crippen molar-refractivity contribution in [1.29, 1.82) is 5.26 Å². The van der Waals surface area contributed by atoms with Crippen LogP contribution in [0.5, 0.6) is 0 Å². The Morgan fingerprint density at radius 1 is 1.28 bits per heavy atom. The van der Waals surface area contributed by atoms with Gasteiger partial charge in [0.1, 0.15) is 17.6 Å². The number of hydrogen-bond donors (Lipinski definition) is 0. The number of likely N-dealkylation sites (tertiary alicyclic amines) is 1. The molecule has 0 saturated carbocycles. The van der Waals surface area contributed by atoms with Gasteiger partial charge in [-0.2, -0.15) is 18.4 Å². The van der Waals surface area contributed by atoms with E-state index in [9.17, 15) is 13.2 Å². The van der Waals surface area contributed by atoms with Gasteiger partial charge in [-0.3, -0.25) is 4.90 Å². The summed E-state index contributed by atoms with van der Waals surface area (Å²) >= 11 is 0. The Morgan fingerprint density at radius 2 is 2.04 bits per heavy atom. The highest BCUT2D eigenvalue weighted by molar-refractivity contribution is 5.28. The summed E-state index contributed by atoms with van der Waals surface area (Å²) in [4.78, 5) is 6.06. The molecule has 3 heterocycles. The minimum Gasteiger partial charge on any atom is -0.342 e. The predicted molar refractivity (Wildman–Crippen MR) is 85.6 cm³/mol. The molecule has 1 atom stereocenters. The lowest BCUT2D eigenvalue weighted by Gasteiger charge is -2.32. The molecule has 1 aliphatic heterocycles. The molecule has 3 rings (SSSR count). The van der Waals surface area contributed by atoms with Crippen molar-refractivity contribution in [2.24, 2.45) is 14.1 Å². The Morgan fingerprint density at radius 3 is 2.64 bits per heavy atom. The van der Waals surface area contributed by atoms with Gasteiger partial charge in [-0.25, -0.2) is 4.98 Å². The maximum atomic E-state index is 12.9. The van der Waals surface area contributed by atoms with E-state index < -0.39 is 11.9 Å². The van der Waals surface area contributed by atoms with E-state index in [1.165, 1.54) is 4.57 Å². The molecule has 2 aromatic heterocycles. The molecule has 1 aliphatic rings. The van der Waals surface area contributed by atoms with Gasteiger partial charge in [0.05, 0.1) is 0 Å². The molecule has 0 amide bonds. The molecule has 134 valence electrons. The van der Waals surface area contributed by atoms with Gasteiger partial charge in [0.15, 0.2) is 5.69 Å². The van der Waals surface area contributed by atoms with Crippen molar-refractivity contribution < 1.29 is 13.2 Å². The van der Waals surface area contributed by atoms with E-state index >= 15 is 0 Å². The molecular formula is C17H20F3N5. The zero-order valence-electron chi connectivity index (χ0n) is 14.2. The SMILES string of the molecule is Cn1cc(CN2CCC[C@@H](c3nc(C(F)(F)F)cn3C)C2)cc1C#N. The van der Waals surface area contributed by atoms with Crippen LogP contribution in [0.15, 0.2) is 18.5 Å². The summed E-state index contributed by atoms with van der Waals surface area (Å²) in [6.07, 6.45) is 0.311. The van der Waals surface area contributed by atoms with Crippen molar-refractivity contribution in [2.75, 3.05) is 13.1 Å². The third-order valence-electron chi connectivity index (χ3n) is 4.66. The predicted octanol–water partition coefficient (Wildman–Crippen LogP) is 3.03. The second-order valence-corrected chi connectivity index (χ2v) is 6.62. The Balaban J connectivity index is 1.73. The number of nitriles is 1. The maximum absolute atomic E-state index is 12.9. The third-order valence-corrected chi connectivity index (χ3v) is 4.66. The zero-order valence-corrected chi connectivity index (χ0v) is 14.2. The fourth-order valence-corrected chi connectivity index (χ4v) is 3.50. The summed E-state index contributed by atoms with van der Waals surface area (Å²) in [5.74, 6) is 0.469. The summed E-state index contributed by atoms with van der Waals surface area (Å²) in [6, 6.07) is 3.99. The van der Waals surface area contributed by atoms with Crippen LogP contribution in [0.25, 0.3) is 0 Å². The molecule has 8 heteroatoms. The molecule has 0 unspecified atom stereocenters. The van der Waals surface area contributed by atoms with Gasteiger partial charge in [-0.15, -0.1) is 0 Å². The van der Waals surface area contributed by atoms with E-state index in [4.69, 9.17) is 5.26 Å². The van der Waals surface area contributed by atoms with Gasteiger partial charge < -0.3 is 9.13 Å². The third kappa shape index (κ3) is 3.71. The summed E-state index contributed by atoms with van der Waals surface area (Å²) in [7, 11) is 3.44. The van der Waals surface area contributed by atoms with Crippen LogP contribution in [0, 0.1) is 11.3 Å². The second-order valence-electron chi connectivity index (χ2n) is 6.62. The van der Waals surface area contributed by atoms with E-state index in [2.05, 4.69) is 16.0 Å². The number of halogens is 3. The quantitative estimate of drug-likeness (QED) is 0.854. The number of hydrogen-bond acceptors (Lipinski definition) is 3. The number of piperidine rings is 1. The highest BCUT2D eigenvalue weighted by Crippen LogP contribution is 2.32. The van der Waals surface area contributed by atoms with Crippen LogP contribution in [0.1, 0.15) is 41.5 Å². The number of aromatic nitrogens is 3. The number of aryl methyl sites for hydroxylation is 2. The van der Waals surface area contributed by atoms with Crippen LogP contribution >= 0.6 is 0 Å². The molecule has 2 aromatic rings. The molecule has 0 radical (unpaired) electrons. The standard InChI is InChI=1S/C17H20F3N5/c1-23-8-12(6-14(23)7-21)9-25-5-3-4-13(10-25)16-22-15(11-24(16)2)17(18,19)20/h6,8,11,13H,3-5,9-10H2,1-2H3/t13-/m1/s1. The van der Waals surface area contributed by atoms with Crippen LogP contribution in [0.4, 0.5) is 13.2 Å². The molecule has 1 fully saturated rings. The first-order chi connectivity index (χ1) is 11.8. The first-order valence-corrected chi connectivity index (χ1v) is 8.16. The van der Waals surface area contributed by atoms with E-state index in [1.54, 1.807) is 11.6 Å². The lowest BCUT2D eigenvalue weighted by molar-refractivity contribution is -0.141. The largest absolute Gasteiger partial charge is 0.434 e. The number of rotatable bonds is 3. The Kier molecular flexibility index (Phi) is 4.60. The smallest absolute Gasteiger partial charge is 0.342 e. The lowest BCUT2D eigenvalue weighted by Crippen LogP contribution is -2.34. The average molecular weight is 351 g/mol. The van der Waals surface area contributed by atoms with Gasteiger partial charge in [0, 0.05) is 45.5 Å². The van der Waals surface area contributed by atoms with Crippen LogP contribution in [0.2, 0.25) is 0 Å². The molecule has 25 heavy (non-hydrogen) atoms. The number of nitrogens with zero attached hydrogens (tertiary/aromatic N) is 5. The number of alkyl halides is 3. The van der Waals surface area contributed by atoms with Gasteiger partial charge in [-0.05, 0) is 31.0 Å². The fourth-order valence-electron chi connectivity index (χ4n) is 3.50. The molecular weight excluding hydrogens is 331 g/mol. The van der Waals surface area contributed by atoms with Crippen LogP contribution in [-0.4, -0.2) is 32.1 Å². The fraction of sp³-hybridized carbons (Fsp3) is 0.529.